The van der Waals surface area contributed by atoms with Crippen LogP contribution in [0.25, 0.3) is 0 Å². The predicted octanol–water partition coefficient (Wildman–Crippen LogP) is 9.28. The van der Waals surface area contributed by atoms with E-state index in [4.69, 9.17) is 9.47 Å². The van der Waals surface area contributed by atoms with Crippen molar-refractivity contribution in [1.82, 2.24) is 4.90 Å². The standard InChI is InChI=1S/C33H65NO2/c1-5-7-9-10-14-18-22-35-27-33(34(3)4)28-36-23-19-15-12-11-13-17-21-30-25-32(30)26-31-24-29(31)20-16-8-6-2/h29-33H,5-28H2,1-4H3/t29?,30?,31?,32?,33-/m1/s1. The van der Waals surface area contributed by atoms with E-state index in [0.29, 0.717) is 6.04 Å². The SMILES string of the molecule is CCCCCCCCOC[C@H](COCCCCCCCCC1CC1CC1CC1CCCCC)N(C)C. The van der Waals surface area contributed by atoms with Crippen molar-refractivity contribution in [2.45, 2.75) is 148 Å². The van der Waals surface area contributed by atoms with Gasteiger partial charge in [-0.2, -0.15) is 0 Å². The fourth-order valence-corrected chi connectivity index (χ4v) is 6.04. The van der Waals surface area contributed by atoms with Crippen molar-refractivity contribution < 1.29 is 9.47 Å². The van der Waals surface area contributed by atoms with Gasteiger partial charge in [0.15, 0.2) is 0 Å². The van der Waals surface area contributed by atoms with E-state index in [-0.39, 0.29) is 0 Å². The van der Waals surface area contributed by atoms with Gasteiger partial charge in [-0.1, -0.05) is 110 Å². The maximum atomic E-state index is 6.01. The first-order valence-electron chi connectivity index (χ1n) is 16.5. The van der Waals surface area contributed by atoms with Crippen molar-refractivity contribution in [1.29, 1.82) is 0 Å². The number of hydrogen-bond acceptors (Lipinski definition) is 3. The summed E-state index contributed by atoms with van der Waals surface area (Å²) in [6.45, 7) is 8.00. The summed E-state index contributed by atoms with van der Waals surface area (Å²) >= 11 is 0. The molecule has 5 atom stereocenters. The van der Waals surface area contributed by atoms with Gasteiger partial charge in [0.25, 0.3) is 0 Å². The van der Waals surface area contributed by atoms with Crippen LogP contribution in [0.15, 0.2) is 0 Å². The van der Waals surface area contributed by atoms with Gasteiger partial charge in [0.2, 0.25) is 0 Å². The van der Waals surface area contributed by atoms with Gasteiger partial charge in [-0.05, 0) is 69.9 Å². The first-order chi connectivity index (χ1) is 17.7. The van der Waals surface area contributed by atoms with Crippen LogP contribution in [0.5, 0.6) is 0 Å². The smallest absolute Gasteiger partial charge is 0.0644 e. The summed E-state index contributed by atoms with van der Waals surface area (Å²) < 4.78 is 12.0. The average molecular weight is 508 g/mol. The first kappa shape index (κ1) is 32.1. The Balaban J connectivity index is 1.31. The highest BCUT2D eigenvalue weighted by Crippen LogP contribution is 2.54. The molecule has 0 N–H and O–H groups in total. The molecular formula is C33H65NO2. The molecule has 0 radical (unpaired) electrons. The summed E-state index contributed by atoms with van der Waals surface area (Å²) in [6, 6.07) is 0.378. The summed E-state index contributed by atoms with van der Waals surface area (Å²) in [7, 11) is 4.28. The van der Waals surface area contributed by atoms with Crippen LogP contribution in [-0.2, 0) is 9.47 Å². The normalized spacial score (nSPS) is 23.9. The second kappa shape index (κ2) is 20.8. The van der Waals surface area contributed by atoms with E-state index in [0.717, 1.165) is 50.1 Å². The molecular weight excluding hydrogens is 442 g/mol. The van der Waals surface area contributed by atoms with Gasteiger partial charge in [0.05, 0.1) is 19.3 Å². The summed E-state index contributed by atoms with van der Waals surface area (Å²) in [5.74, 6) is 4.48. The van der Waals surface area contributed by atoms with E-state index in [9.17, 15) is 0 Å². The van der Waals surface area contributed by atoms with E-state index in [2.05, 4.69) is 32.8 Å². The molecule has 0 aromatic carbocycles. The van der Waals surface area contributed by atoms with E-state index in [1.165, 1.54) is 109 Å². The highest BCUT2D eigenvalue weighted by molar-refractivity contribution is 4.94. The van der Waals surface area contributed by atoms with E-state index in [1.807, 2.05) is 0 Å². The number of rotatable bonds is 27. The summed E-state index contributed by atoms with van der Waals surface area (Å²) in [6.07, 6.45) is 28.3. The maximum Gasteiger partial charge on any atom is 0.0644 e. The third-order valence-electron chi connectivity index (χ3n) is 9.03. The van der Waals surface area contributed by atoms with Crippen molar-refractivity contribution in [3.63, 3.8) is 0 Å². The minimum Gasteiger partial charge on any atom is -0.380 e. The molecule has 0 spiro atoms. The van der Waals surface area contributed by atoms with Crippen molar-refractivity contribution in [2.75, 3.05) is 40.5 Å². The van der Waals surface area contributed by atoms with E-state index in [1.54, 1.807) is 19.3 Å². The lowest BCUT2D eigenvalue weighted by molar-refractivity contribution is 0.0197. The number of likely N-dealkylation sites (N-methyl/N-ethyl adjacent to an activating group) is 1. The Hall–Kier alpha value is -0.120. The quantitative estimate of drug-likeness (QED) is 0.103. The van der Waals surface area contributed by atoms with Crippen molar-refractivity contribution >= 4 is 0 Å². The fourth-order valence-electron chi connectivity index (χ4n) is 6.04. The Morgan fingerprint density at radius 2 is 0.972 bits per heavy atom. The molecule has 0 heterocycles. The van der Waals surface area contributed by atoms with Gasteiger partial charge in [-0.15, -0.1) is 0 Å². The molecule has 2 rings (SSSR count). The minimum atomic E-state index is 0.378. The molecule has 2 aliphatic rings. The van der Waals surface area contributed by atoms with Crippen LogP contribution in [0.4, 0.5) is 0 Å². The third kappa shape index (κ3) is 16.0. The van der Waals surface area contributed by atoms with Gasteiger partial charge in [-0.25, -0.2) is 0 Å². The third-order valence-corrected chi connectivity index (χ3v) is 9.03. The molecule has 3 heteroatoms. The van der Waals surface area contributed by atoms with Crippen molar-refractivity contribution in [2.24, 2.45) is 23.7 Å². The zero-order chi connectivity index (χ0) is 25.8. The molecule has 214 valence electrons. The molecule has 3 nitrogen and oxygen atoms in total. The molecule has 0 aromatic heterocycles. The number of unbranched alkanes of at least 4 members (excludes halogenated alkanes) is 12. The van der Waals surface area contributed by atoms with Crippen LogP contribution >= 0.6 is 0 Å². The van der Waals surface area contributed by atoms with Gasteiger partial charge >= 0.3 is 0 Å². The molecule has 0 bridgehead atoms. The van der Waals surface area contributed by atoms with Gasteiger partial charge in [0.1, 0.15) is 0 Å². The van der Waals surface area contributed by atoms with Crippen molar-refractivity contribution in [3.8, 4) is 0 Å². The second-order valence-electron chi connectivity index (χ2n) is 12.7. The minimum absolute atomic E-state index is 0.378. The summed E-state index contributed by atoms with van der Waals surface area (Å²) in [5.41, 5.74) is 0. The molecule has 4 unspecified atom stereocenters. The molecule has 0 amide bonds. The van der Waals surface area contributed by atoms with Crippen LogP contribution in [-0.4, -0.2) is 51.5 Å². The number of nitrogens with zero attached hydrogens (tertiary/aromatic N) is 1. The van der Waals surface area contributed by atoms with Crippen LogP contribution in [0.2, 0.25) is 0 Å². The van der Waals surface area contributed by atoms with Crippen LogP contribution < -0.4 is 0 Å². The van der Waals surface area contributed by atoms with Crippen LogP contribution in [0.1, 0.15) is 142 Å². The lowest BCUT2D eigenvalue weighted by atomic mass is 10.0. The van der Waals surface area contributed by atoms with E-state index < -0.39 is 0 Å². The Kier molecular flexibility index (Phi) is 18.5. The lowest BCUT2D eigenvalue weighted by Crippen LogP contribution is -2.37. The highest BCUT2D eigenvalue weighted by atomic mass is 16.5. The Labute approximate surface area is 226 Å². The Morgan fingerprint density at radius 1 is 0.556 bits per heavy atom. The van der Waals surface area contributed by atoms with E-state index >= 15 is 0 Å². The second-order valence-corrected chi connectivity index (χ2v) is 12.7. The summed E-state index contributed by atoms with van der Waals surface area (Å²) in [4.78, 5) is 2.25. The molecule has 0 aliphatic heterocycles. The zero-order valence-corrected chi connectivity index (χ0v) is 25.1. The largest absolute Gasteiger partial charge is 0.380 e. The highest BCUT2D eigenvalue weighted by Gasteiger charge is 2.44. The fraction of sp³-hybridized carbons (Fsp3) is 1.00. The molecule has 2 saturated carbocycles. The van der Waals surface area contributed by atoms with Gasteiger partial charge in [0, 0.05) is 13.2 Å². The number of hydrogen-bond donors (Lipinski definition) is 0. The number of ether oxygens (including phenoxy) is 2. The van der Waals surface area contributed by atoms with Gasteiger partial charge in [-0.3, -0.25) is 0 Å². The first-order valence-corrected chi connectivity index (χ1v) is 16.5. The molecule has 2 aliphatic carbocycles. The predicted molar refractivity (Wildman–Crippen MR) is 157 cm³/mol. The monoisotopic (exact) mass is 508 g/mol. The molecule has 0 saturated heterocycles. The van der Waals surface area contributed by atoms with Gasteiger partial charge < -0.3 is 14.4 Å². The molecule has 36 heavy (non-hydrogen) atoms. The topological polar surface area (TPSA) is 21.7 Å². The lowest BCUT2D eigenvalue weighted by Gasteiger charge is -2.24. The van der Waals surface area contributed by atoms with Crippen molar-refractivity contribution in [3.05, 3.63) is 0 Å². The summed E-state index contributed by atoms with van der Waals surface area (Å²) in [5, 5.41) is 0. The molecule has 0 aromatic rings. The van der Waals surface area contributed by atoms with Crippen LogP contribution in [0, 0.1) is 23.7 Å². The zero-order valence-electron chi connectivity index (χ0n) is 25.1. The molecule has 2 fully saturated rings. The maximum absolute atomic E-state index is 6.01. The Bertz CT molecular complexity index is 496. The van der Waals surface area contributed by atoms with Crippen LogP contribution in [0.3, 0.4) is 0 Å². The Morgan fingerprint density at radius 3 is 1.47 bits per heavy atom. The average Bonchev–Trinajstić information content (AvgIpc) is 3.79.